The zero-order chi connectivity index (χ0) is 23.3. The Morgan fingerprint density at radius 2 is 1.88 bits per heavy atom. The van der Waals surface area contributed by atoms with Gasteiger partial charge in [0.15, 0.2) is 5.69 Å². The van der Waals surface area contributed by atoms with E-state index >= 15 is 0 Å². The highest BCUT2D eigenvalue weighted by atomic mass is 32.1. The third-order valence-corrected chi connectivity index (χ3v) is 6.02. The Kier molecular flexibility index (Phi) is 7.36. The first-order valence-electron chi connectivity index (χ1n) is 9.91. The fourth-order valence-corrected chi connectivity index (χ4v) is 4.10. The van der Waals surface area contributed by atoms with E-state index in [0.717, 1.165) is 34.1 Å². The molecule has 2 N–H and O–H groups in total. The van der Waals surface area contributed by atoms with E-state index in [0.29, 0.717) is 22.7 Å². The molecule has 0 aliphatic rings. The summed E-state index contributed by atoms with van der Waals surface area (Å²) in [6, 6.07) is 10.7. The molecule has 4 aromatic rings. The van der Waals surface area contributed by atoms with Crippen LogP contribution in [0.5, 0.6) is 5.75 Å². The van der Waals surface area contributed by atoms with Gasteiger partial charge < -0.3 is 19.5 Å². The number of phenolic OH excluding ortho intramolecular Hbond substituents is 1. The fourth-order valence-electron chi connectivity index (χ4n) is 3.14. The van der Waals surface area contributed by atoms with Crippen molar-refractivity contribution in [3.05, 3.63) is 58.3 Å². The van der Waals surface area contributed by atoms with Crippen LogP contribution in [-0.2, 0) is 4.79 Å². The Bertz CT molecular complexity index is 1300. The number of phenols is 1. The number of hydrogen-bond donors (Lipinski definition) is 2. The van der Waals surface area contributed by atoms with Crippen LogP contribution in [0.1, 0.15) is 41.7 Å². The average Bonchev–Trinajstić information content (AvgIpc) is 3.38. The lowest BCUT2D eigenvalue weighted by Crippen LogP contribution is -2.06. The van der Waals surface area contributed by atoms with Gasteiger partial charge in [-0.1, -0.05) is 31.1 Å². The number of benzene rings is 1. The van der Waals surface area contributed by atoms with Gasteiger partial charge >= 0.3 is 0 Å². The van der Waals surface area contributed by atoms with E-state index in [1.807, 2.05) is 32.9 Å². The number of thiophene rings is 1. The predicted molar refractivity (Wildman–Crippen MR) is 124 cm³/mol. The summed E-state index contributed by atoms with van der Waals surface area (Å²) in [7, 11) is 1.00. The summed E-state index contributed by atoms with van der Waals surface area (Å²) in [5.74, 6) is 6.62. The Morgan fingerprint density at radius 3 is 2.56 bits per heavy atom. The summed E-state index contributed by atoms with van der Waals surface area (Å²) in [5, 5.41) is 30.6. The summed E-state index contributed by atoms with van der Waals surface area (Å²) < 4.78 is 5.31. The minimum atomic E-state index is -0.331. The largest absolute Gasteiger partial charge is 0.507 e. The van der Waals surface area contributed by atoms with Crippen LogP contribution >= 0.6 is 11.3 Å². The van der Waals surface area contributed by atoms with Crippen LogP contribution in [0, 0.1) is 24.7 Å². The molecule has 32 heavy (non-hydrogen) atoms. The summed E-state index contributed by atoms with van der Waals surface area (Å²) in [5.41, 5.74) is 2.71. The summed E-state index contributed by atoms with van der Waals surface area (Å²) in [4.78, 5) is 12.9. The van der Waals surface area contributed by atoms with Crippen LogP contribution in [0.25, 0.3) is 21.5 Å². The van der Waals surface area contributed by atoms with Crippen LogP contribution < -0.4 is 0 Å². The zero-order valence-corrected chi connectivity index (χ0v) is 19.0. The molecular formula is C24H23N3O4S. The molecule has 7 nitrogen and oxygen atoms in total. The highest BCUT2D eigenvalue weighted by Crippen LogP contribution is 2.33. The molecule has 0 amide bonds. The van der Waals surface area contributed by atoms with Crippen molar-refractivity contribution in [2.75, 3.05) is 7.11 Å². The molecular weight excluding hydrogens is 426 g/mol. The highest BCUT2D eigenvalue weighted by Gasteiger charge is 2.19. The number of aromatic nitrogens is 3. The number of aliphatic hydroxyl groups is 1. The number of hydrogen-bond acceptors (Lipinski definition) is 8. The lowest BCUT2D eigenvalue weighted by molar-refractivity contribution is -0.110. The van der Waals surface area contributed by atoms with E-state index in [1.165, 1.54) is 11.3 Å². The number of carbonyl (C=O) groups excluding carboxylic acids is 1. The van der Waals surface area contributed by atoms with Crippen molar-refractivity contribution in [2.24, 2.45) is 5.92 Å². The first-order chi connectivity index (χ1) is 15.5. The van der Waals surface area contributed by atoms with Gasteiger partial charge in [-0.15, -0.1) is 21.5 Å². The monoisotopic (exact) mass is 449 g/mol. The highest BCUT2D eigenvalue weighted by molar-refractivity contribution is 7.19. The molecule has 0 spiro atoms. The van der Waals surface area contributed by atoms with Gasteiger partial charge in [0.25, 0.3) is 0 Å². The van der Waals surface area contributed by atoms with Crippen molar-refractivity contribution in [3.8, 4) is 28.8 Å². The molecule has 8 heteroatoms. The molecule has 1 atom stereocenters. The molecule has 3 heterocycles. The maximum Gasteiger partial charge on any atom is 0.157 e. The van der Waals surface area contributed by atoms with Gasteiger partial charge in [0.2, 0.25) is 0 Å². The number of nitrogens with zero attached hydrogens (tertiary/aromatic N) is 3. The number of aldehydes is 1. The van der Waals surface area contributed by atoms with E-state index in [1.54, 1.807) is 24.3 Å². The molecule has 0 radical (unpaired) electrons. The van der Waals surface area contributed by atoms with Crippen molar-refractivity contribution in [1.29, 1.82) is 0 Å². The summed E-state index contributed by atoms with van der Waals surface area (Å²) in [6.07, 6.45) is 0.874. The van der Waals surface area contributed by atoms with Crippen LogP contribution in [0.3, 0.4) is 0 Å². The quantitative estimate of drug-likeness (QED) is 0.353. The first kappa shape index (κ1) is 23.1. The smallest absolute Gasteiger partial charge is 0.157 e. The van der Waals surface area contributed by atoms with Gasteiger partial charge in [-0.2, -0.15) is 0 Å². The van der Waals surface area contributed by atoms with Crippen LogP contribution in [0.4, 0.5) is 0 Å². The summed E-state index contributed by atoms with van der Waals surface area (Å²) in [6.45, 7) is 5.89. The third kappa shape index (κ3) is 4.69. The lowest BCUT2D eigenvalue weighted by Gasteiger charge is -2.08. The topological polar surface area (TPSA) is 109 Å². The third-order valence-electron chi connectivity index (χ3n) is 4.91. The van der Waals surface area contributed by atoms with Crippen molar-refractivity contribution in [3.63, 3.8) is 0 Å². The van der Waals surface area contributed by atoms with Gasteiger partial charge in [0.1, 0.15) is 22.6 Å². The molecule has 1 aromatic carbocycles. The van der Waals surface area contributed by atoms with E-state index in [-0.39, 0.29) is 17.6 Å². The Labute approximate surface area is 189 Å². The molecule has 0 saturated carbocycles. The second-order valence-corrected chi connectivity index (χ2v) is 8.29. The number of fused-ring (bicyclic) bond motifs is 1. The molecule has 3 aromatic heterocycles. The second-order valence-electron chi connectivity index (χ2n) is 7.29. The van der Waals surface area contributed by atoms with Crippen LogP contribution in [0.15, 0.2) is 40.9 Å². The Hall–Kier alpha value is -3.54. The minimum Gasteiger partial charge on any atom is -0.507 e. The first-order valence-corrected chi connectivity index (χ1v) is 10.7. The maximum absolute atomic E-state index is 11.3. The van der Waals surface area contributed by atoms with E-state index < -0.39 is 0 Å². The minimum absolute atomic E-state index is 0.123. The van der Waals surface area contributed by atoms with Crippen molar-refractivity contribution < 1.29 is 19.5 Å². The second kappa shape index (κ2) is 10.2. The normalized spacial score (nSPS) is 11.4. The molecule has 164 valence electrons. The van der Waals surface area contributed by atoms with Gasteiger partial charge in [0, 0.05) is 24.1 Å². The average molecular weight is 450 g/mol. The van der Waals surface area contributed by atoms with Gasteiger partial charge in [0.05, 0.1) is 16.5 Å². The zero-order valence-electron chi connectivity index (χ0n) is 18.2. The predicted octanol–water partition coefficient (Wildman–Crippen LogP) is 4.31. The van der Waals surface area contributed by atoms with Crippen molar-refractivity contribution in [2.45, 2.75) is 26.7 Å². The Morgan fingerprint density at radius 1 is 1.12 bits per heavy atom. The van der Waals surface area contributed by atoms with Gasteiger partial charge in [-0.3, -0.25) is 0 Å². The van der Waals surface area contributed by atoms with Crippen molar-refractivity contribution in [1.82, 2.24) is 15.4 Å². The molecule has 0 fully saturated rings. The number of aryl methyl sites for hydroxylation is 1. The standard InChI is InChI=1S/C23H19N3O3S.CH4O/c1-13(2)18(12-27)21-10-15(26-29-21)8-9-22-14(3)17-11-19(24-25-23(17)30-22)16-6-4-5-7-20(16)28;1-2/h4-7,10-13,18,28H,1-3H3;2H,1H3. The van der Waals surface area contributed by atoms with Crippen LogP contribution in [0.2, 0.25) is 0 Å². The SMILES string of the molecule is CO.Cc1c(C#Cc2cc(C(C=O)C(C)C)on2)sc2nnc(-c3ccccc3O)cc12. The summed E-state index contributed by atoms with van der Waals surface area (Å²) >= 11 is 1.45. The molecule has 0 bridgehead atoms. The van der Waals surface area contributed by atoms with Crippen molar-refractivity contribution >= 4 is 27.8 Å². The number of aliphatic hydroxyl groups excluding tert-OH is 1. The van der Waals surface area contributed by atoms with Gasteiger partial charge in [-0.05, 0) is 48.4 Å². The lowest BCUT2D eigenvalue weighted by atomic mass is 9.95. The maximum atomic E-state index is 11.3. The number of para-hydroxylation sites is 1. The van der Waals surface area contributed by atoms with Gasteiger partial charge in [-0.25, -0.2) is 0 Å². The molecule has 0 aliphatic carbocycles. The Balaban J connectivity index is 0.00000141. The molecule has 4 rings (SSSR count). The van der Waals surface area contributed by atoms with E-state index in [4.69, 9.17) is 9.63 Å². The van der Waals surface area contributed by atoms with E-state index in [9.17, 15) is 9.90 Å². The number of carbonyl (C=O) groups is 1. The number of aromatic hydroxyl groups is 1. The van der Waals surface area contributed by atoms with E-state index in [2.05, 4.69) is 27.2 Å². The number of rotatable bonds is 4. The molecule has 0 saturated heterocycles. The molecule has 0 aliphatic heterocycles. The molecule has 1 unspecified atom stereocenters. The van der Waals surface area contributed by atoms with Crippen LogP contribution in [-0.4, -0.2) is 39.0 Å². The fraction of sp³-hybridized carbons (Fsp3) is 0.250.